The van der Waals surface area contributed by atoms with Crippen LogP contribution in [0.5, 0.6) is 23.0 Å². The molecular weight excluding hydrogens is 662 g/mol. The number of halogens is 2. The molecule has 0 saturated heterocycles. The molecule has 12 nitrogen and oxygen atoms in total. The number of methoxy groups -OCH3 is 2. The van der Waals surface area contributed by atoms with Crippen molar-refractivity contribution in [3.63, 3.8) is 0 Å². The molecule has 0 atom stereocenters. The number of aromatic hydroxyl groups is 2. The van der Waals surface area contributed by atoms with E-state index in [2.05, 4.69) is 0 Å². The molecule has 0 saturated carbocycles. The molecule has 250 valence electrons. The number of ether oxygens (including phenoxy) is 2. The maximum Gasteiger partial charge on any atom is 0.336 e. The summed E-state index contributed by atoms with van der Waals surface area (Å²) in [5.41, 5.74) is -3.56. The standard InChI is InChI=1S/C36H20F2O12/c1-47-26-12-22-28(16-6-4-14(40)8-25(16)50-33(22)34(48-2)31(26)42)18-10-19(35(43)44)17(9-20(18)36(45)46)27-15-5-3-13(39)7-24(15)49-32-21(27)11-23(37)30(41)29(32)38/h3-12,41-42H,1-2H3,(H,43,44)(H,45,46). The Morgan fingerprint density at radius 3 is 1.62 bits per heavy atom. The van der Waals surface area contributed by atoms with Crippen molar-refractivity contribution in [2.75, 3.05) is 14.2 Å². The SMILES string of the molecule is COc1cc2c(-c3cc(C(=O)O)c(-c4c5ccc(=O)cc-5oc5c(F)c(O)c(F)cc45)cc3C(=O)O)c3ccc(=O)cc-3oc2c(OC)c1O. The van der Waals surface area contributed by atoms with E-state index in [-0.39, 0.29) is 72.8 Å². The Morgan fingerprint density at radius 2 is 1.14 bits per heavy atom. The van der Waals surface area contributed by atoms with E-state index in [1.807, 2.05) is 0 Å². The third kappa shape index (κ3) is 4.64. The van der Waals surface area contributed by atoms with Crippen LogP contribution in [0.1, 0.15) is 20.7 Å². The molecule has 2 aliphatic carbocycles. The molecule has 50 heavy (non-hydrogen) atoms. The maximum atomic E-state index is 15.3. The highest BCUT2D eigenvalue weighted by Crippen LogP contribution is 2.51. The van der Waals surface area contributed by atoms with Gasteiger partial charge in [0.2, 0.25) is 17.3 Å². The zero-order valence-corrected chi connectivity index (χ0v) is 25.6. The first-order chi connectivity index (χ1) is 23.8. The van der Waals surface area contributed by atoms with Gasteiger partial charge in [0.15, 0.2) is 39.3 Å². The van der Waals surface area contributed by atoms with Gasteiger partial charge in [-0.3, -0.25) is 9.59 Å². The summed E-state index contributed by atoms with van der Waals surface area (Å²) >= 11 is 0. The maximum absolute atomic E-state index is 15.3. The van der Waals surface area contributed by atoms with E-state index in [4.69, 9.17) is 18.3 Å². The first kappa shape index (κ1) is 31.6. The number of fused-ring (bicyclic) bond motifs is 4. The number of aromatic carboxylic acids is 2. The van der Waals surface area contributed by atoms with Gasteiger partial charge in [-0.25, -0.2) is 14.0 Å². The first-order valence-electron chi connectivity index (χ1n) is 14.4. The summed E-state index contributed by atoms with van der Waals surface area (Å²) in [4.78, 5) is 50.8. The summed E-state index contributed by atoms with van der Waals surface area (Å²) in [6, 6.07) is 11.0. The fourth-order valence-corrected chi connectivity index (χ4v) is 6.16. The number of phenols is 2. The molecule has 0 amide bonds. The zero-order chi connectivity index (χ0) is 35.8. The predicted molar refractivity (Wildman–Crippen MR) is 173 cm³/mol. The number of carboxylic acid groups (broad SMARTS) is 2. The third-order valence-corrected chi connectivity index (χ3v) is 8.31. The summed E-state index contributed by atoms with van der Waals surface area (Å²) in [6.45, 7) is 0. The number of hydrogen-bond acceptors (Lipinski definition) is 10. The predicted octanol–water partition coefficient (Wildman–Crippen LogP) is 6.55. The largest absolute Gasteiger partial charge is 0.503 e. The summed E-state index contributed by atoms with van der Waals surface area (Å²) in [5, 5.41) is 41.7. The lowest BCUT2D eigenvalue weighted by Crippen LogP contribution is -2.09. The molecule has 2 heterocycles. The highest BCUT2D eigenvalue weighted by Gasteiger charge is 2.31. The molecule has 3 aromatic carbocycles. The molecule has 3 aromatic rings. The Kier molecular flexibility index (Phi) is 7.17. The van der Waals surface area contributed by atoms with Crippen molar-refractivity contribution < 1.29 is 57.1 Å². The smallest absolute Gasteiger partial charge is 0.336 e. The topological polar surface area (TPSA) is 194 Å². The number of hydrogen-bond donors (Lipinski definition) is 4. The van der Waals surface area contributed by atoms with Crippen molar-refractivity contribution in [3.05, 3.63) is 104 Å². The molecule has 7 rings (SSSR count). The van der Waals surface area contributed by atoms with Crippen molar-refractivity contribution in [3.8, 4) is 67.9 Å². The van der Waals surface area contributed by atoms with Gasteiger partial charge in [-0.2, -0.15) is 4.39 Å². The van der Waals surface area contributed by atoms with Gasteiger partial charge in [-0.15, -0.1) is 0 Å². The minimum Gasteiger partial charge on any atom is -0.503 e. The van der Waals surface area contributed by atoms with Gasteiger partial charge in [-0.1, -0.05) is 0 Å². The average molecular weight is 683 g/mol. The Morgan fingerprint density at radius 1 is 0.640 bits per heavy atom. The molecule has 4 aliphatic rings. The molecule has 4 N–H and O–H groups in total. The second-order valence-corrected chi connectivity index (χ2v) is 11.1. The van der Waals surface area contributed by atoms with Crippen LogP contribution >= 0.6 is 0 Å². The lowest BCUT2D eigenvalue weighted by molar-refractivity contribution is 0.0682. The monoisotopic (exact) mass is 682 g/mol. The van der Waals surface area contributed by atoms with E-state index >= 15 is 4.39 Å². The Balaban J connectivity index is 1.69. The van der Waals surface area contributed by atoms with Gasteiger partial charge in [0.05, 0.1) is 25.3 Å². The van der Waals surface area contributed by atoms with Gasteiger partial charge in [-0.05, 0) is 59.7 Å². The van der Waals surface area contributed by atoms with Crippen molar-refractivity contribution in [1.29, 1.82) is 0 Å². The lowest BCUT2D eigenvalue weighted by atomic mass is 9.84. The average Bonchev–Trinajstić information content (AvgIpc) is 3.08. The Labute approximate surface area is 276 Å². The van der Waals surface area contributed by atoms with Crippen LogP contribution in [0.3, 0.4) is 0 Å². The molecule has 0 radical (unpaired) electrons. The summed E-state index contributed by atoms with van der Waals surface area (Å²) in [5.74, 6) is -8.68. The van der Waals surface area contributed by atoms with Gasteiger partial charge in [0, 0.05) is 45.2 Å². The van der Waals surface area contributed by atoms with Crippen molar-refractivity contribution in [2.24, 2.45) is 0 Å². The van der Waals surface area contributed by atoms with Gasteiger partial charge in [0.1, 0.15) is 11.5 Å². The van der Waals surface area contributed by atoms with Crippen LogP contribution in [-0.4, -0.2) is 46.6 Å². The van der Waals surface area contributed by atoms with Crippen LogP contribution in [-0.2, 0) is 0 Å². The number of carbonyl (C=O) groups is 2. The fraction of sp³-hybridized carbons (Fsp3) is 0.0556. The first-order valence-corrected chi connectivity index (χ1v) is 14.4. The molecule has 2 aliphatic heterocycles. The van der Waals surface area contributed by atoms with E-state index < -0.39 is 62.6 Å². The quantitative estimate of drug-likeness (QED) is 0.139. The highest BCUT2D eigenvalue weighted by molar-refractivity contribution is 6.14. The van der Waals surface area contributed by atoms with E-state index in [1.165, 1.54) is 38.5 Å². The second kappa shape index (κ2) is 11.3. The number of rotatable bonds is 6. The van der Waals surface area contributed by atoms with Gasteiger partial charge >= 0.3 is 11.9 Å². The third-order valence-electron chi connectivity index (χ3n) is 8.31. The van der Waals surface area contributed by atoms with E-state index in [0.717, 1.165) is 30.3 Å². The summed E-state index contributed by atoms with van der Waals surface area (Å²) in [7, 11) is 2.48. The Bertz CT molecular complexity index is 2670. The lowest BCUT2D eigenvalue weighted by Gasteiger charge is -2.22. The molecule has 0 unspecified atom stereocenters. The van der Waals surface area contributed by atoms with Crippen LogP contribution in [0, 0.1) is 11.6 Å². The molecule has 0 aromatic heterocycles. The Hall–Kier alpha value is -6.96. The van der Waals surface area contributed by atoms with E-state index in [9.17, 15) is 44.0 Å². The molecular formula is C36H20F2O12. The molecule has 0 bridgehead atoms. The zero-order valence-electron chi connectivity index (χ0n) is 25.6. The molecule has 0 spiro atoms. The normalized spacial score (nSPS) is 11.4. The minimum absolute atomic E-state index is 0.00416. The van der Waals surface area contributed by atoms with Gasteiger partial charge < -0.3 is 38.7 Å². The van der Waals surface area contributed by atoms with E-state index in [1.54, 1.807) is 0 Å². The minimum atomic E-state index is -1.59. The second-order valence-electron chi connectivity index (χ2n) is 11.1. The number of carboxylic acids is 2. The molecule has 14 heteroatoms. The van der Waals surface area contributed by atoms with Crippen molar-refractivity contribution in [2.45, 2.75) is 0 Å². The van der Waals surface area contributed by atoms with E-state index in [0.29, 0.717) is 6.07 Å². The highest BCUT2D eigenvalue weighted by atomic mass is 19.1. The van der Waals surface area contributed by atoms with Crippen molar-refractivity contribution >= 4 is 33.9 Å². The summed E-state index contributed by atoms with van der Waals surface area (Å²) in [6.07, 6.45) is 0. The fourth-order valence-electron chi connectivity index (χ4n) is 6.16. The van der Waals surface area contributed by atoms with Crippen LogP contribution in [0.2, 0.25) is 0 Å². The van der Waals surface area contributed by atoms with Crippen molar-refractivity contribution in [1.82, 2.24) is 0 Å². The van der Waals surface area contributed by atoms with Crippen LogP contribution < -0.4 is 20.3 Å². The van der Waals surface area contributed by atoms with Crippen LogP contribution in [0.15, 0.2) is 79.1 Å². The number of benzene rings is 5. The van der Waals surface area contributed by atoms with Gasteiger partial charge in [0.25, 0.3) is 0 Å². The summed E-state index contributed by atoms with van der Waals surface area (Å²) < 4.78 is 52.3. The number of phenolic OH excluding ortho intramolecular Hbond substituents is 2. The molecule has 0 fully saturated rings. The van der Waals surface area contributed by atoms with Crippen LogP contribution in [0.4, 0.5) is 8.78 Å². The van der Waals surface area contributed by atoms with Crippen LogP contribution in [0.25, 0.3) is 66.8 Å².